The number of aromatic nitrogens is 2. The van der Waals surface area contributed by atoms with Gasteiger partial charge >= 0.3 is 0 Å². The molecule has 5 heteroatoms. The second kappa shape index (κ2) is 7.36. The van der Waals surface area contributed by atoms with Gasteiger partial charge < -0.3 is 15.0 Å². The van der Waals surface area contributed by atoms with Crippen LogP contribution >= 0.6 is 0 Å². The molecule has 1 aromatic heterocycles. The number of benzene rings is 1. The van der Waals surface area contributed by atoms with Gasteiger partial charge in [-0.25, -0.2) is 0 Å². The van der Waals surface area contributed by atoms with Gasteiger partial charge in [-0.05, 0) is 56.6 Å². The van der Waals surface area contributed by atoms with Crippen molar-refractivity contribution in [1.82, 2.24) is 20.0 Å². The lowest BCUT2D eigenvalue weighted by Crippen LogP contribution is -2.40. The molecule has 5 nitrogen and oxygen atoms in total. The van der Waals surface area contributed by atoms with Crippen molar-refractivity contribution in [3.63, 3.8) is 0 Å². The maximum Gasteiger partial charge on any atom is 0.119 e. The molecule has 0 unspecified atom stereocenters. The molecule has 2 atom stereocenters. The molecule has 1 aromatic carbocycles. The zero-order valence-corrected chi connectivity index (χ0v) is 15.1. The zero-order chi connectivity index (χ0) is 17.1. The van der Waals surface area contributed by atoms with Crippen molar-refractivity contribution in [2.75, 3.05) is 27.7 Å². The predicted octanol–water partition coefficient (Wildman–Crippen LogP) is 2.18. The molecule has 0 amide bonds. The molecule has 0 bridgehead atoms. The average Bonchev–Trinajstić information content (AvgIpc) is 3.00. The Labute approximate surface area is 144 Å². The number of aryl methyl sites for hydroxylation is 2. The largest absolute Gasteiger partial charge is 0.497 e. The fraction of sp³-hybridized carbons (Fsp3) is 0.526. The van der Waals surface area contributed by atoms with Crippen molar-refractivity contribution in [2.45, 2.75) is 31.3 Å². The summed E-state index contributed by atoms with van der Waals surface area (Å²) in [6.45, 7) is 0.933. The maximum atomic E-state index is 5.37. The van der Waals surface area contributed by atoms with Gasteiger partial charge in [0.2, 0.25) is 0 Å². The van der Waals surface area contributed by atoms with E-state index in [1.165, 1.54) is 23.1 Å². The van der Waals surface area contributed by atoms with Crippen LogP contribution in [0.25, 0.3) is 0 Å². The van der Waals surface area contributed by atoms with E-state index in [-0.39, 0.29) is 0 Å². The molecular formula is C19H28N4O. The average molecular weight is 328 g/mol. The van der Waals surface area contributed by atoms with Crippen LogP contribution in [-0.2, 0) is 19.9 Å². The van der Waals surface area contributed by atoms with Crippen LogP contribution in [0.1, 0.15) is 29.2 Å². The summed E-state index contributed by atoms with van der Waals surface area (Å²) in [5, 5.41) is 8.08. The Bertz CT molecular complexity index is 680. The molecule has 0 spiro atoms. The highest BCUT2D eigenvalue weighted by molar-refractivity contribution is 5.37. The lowest BCUT2D eigenvalue weighted by molar-refractivity contribution is 0.274. The van der Waals surface area contributed by atoms with E-state index in [1.807, 2.05) is 17.9 Å². The SMILES string of the molecule is COc1ccc2c(c1)C[C@H](NC[C@@H](c1cnn(C)c1)N(C)C)CC2. The fourth-order valence-corrected chi connectivity index (χ4v) is 3.52. The highest BCUT2D eigenvalue weighted by atomic mass is 16.5. The van der Waals surface area contributed by atoms with Crippen molar-refractivity contribution in [3.05, 3.63) is 47.3 Å². The van der Waals surface area contributed by atoms with E-state index in [9.17, 15) is 0 Å². The minimum Gasteiger partial charge on any atom is -0.497 e. The third kappa shape index (κ3) is 3.79. The van der Waals surface area contributed by atoms with Crippen LogP contribution in [0.5, 0.6) is 5.75 Å². The van der Waals surface area contributed by atoms with E-state index >= 15 is 0 Å². The van der Waals surface area contributed by atoms with E-state index in [0.717, 1.165) is 25.1 Å². The standard InChI is InChI=1S/C19H28N4O/c1-22(2)19(16-11-21-23(3)13-16)12-20-17-7-5-14-6-8-18(24-4)10-15(14)9-17/h6,8,10-11,13,17,19-20H,5,7,9,12H2,1-4H3/t17-,19+/m1/s1. The summed E-state index contributed by atoms with van der Waals surface area (Å²) in [5.41, 5.74) is 4.14. The maximum absolute atomic E-state index is 5.37. The molecule has 0 saturated heterocycles. The molecule has 0 saturated carbocycles. The lowest BCUT2D eigenvalue weighted by Gasteiger charge is -2.30. The van der Waals surface area contributed by atoms with Crippen LogP contribution in [0.3, 0.4) is 0 Å². The number of hydrogen-bond acceptors (Lipinski definition) is 4. The van der Waals surface area contributed by atoms with Crippen LogP contribution in [0.4, 0.5) is 0 Å². The minimum absolute atomic E-state index is 0.338. The molecule has 0 fully saturated rings. The number of likely N-dealkylation sites (N-methyl/N-ethyl adjacent to an activating group) is 1. The summed E-state index contributed by atoms with van der Waals surface area (Å²) in [7, 11) is 7.95. The van der Waals surface area contributed by atoms with Crippen LogP contribution in [0, 0.1) is 0 Å². The van der Waals surface area contributed by atoms with Crippen molar-refractivity contribution >= 4 is 0 Å². The van der Waals surface area contributed by atoms with E-state index in [4.69, 9.17) is 4.74 Å². The van der Waals surface area contributed by atoms with Gasteiger partial charge in [-0.15, -0.1) is 0 Å². The van der Waals surface area contributed by atoms with Gasteiger partial charge in [0.05, 0.1) is 13.3 Å². The van der Waals surface area contributed by atoms with Gasteiger partial charge in [0.1, 0.15) is 5.75 Å². The Morgan fingerprint density at radius 3 is 2.88 bits per heavy atom. The Morgan fingerprint density at radius 2 is 2.21 bits per heavy atom. The van der Waals surface area contributed by atoms with E-state index < -0.39 is 0 Å². The molecule has 24 heavy (non-hydrogen) atoms. The van der Waals surface area contributed by atoms with E-state index in [0.29, 0.717) is 12.1 Å². The number of ether oxygens (including phenoxy) is 1. The number of nitrogens with one attached hydrogen (secondary N) is 1. The molecule has 0 aliphatic heterocycles. The van der Waals surface area contributed by atoms with Crippen LogP contribution < -0.4 is 10.1 Å². The second-order valence-corrected chi connectivity index (χ2v) is 6.91. The van der Waals surface area contributed by atoms with Crippen molar-refractivity contribution in [1.29, 1.82) is 0 Å². The predicted molar refractivity (Wildman–Crippen MR) is 96.4 cm³/mol. The normalized spacial score (nSPS) is 18.5. The number of hydrogen-bond donors (Lipinski definition) is 1. The fourth-order valence-electron chi connectivity index (χ4n) is 3.52. The van der Waals surface area contributed by atoms with Crippen LogP contribution in [0.2, 0.25) is 0 Å². The highest BCUT2D eigenvalue weighted by Gasteiger charge is 2.22. The molecule has 2 aromatic rings. The smallest absolute Gasteiger partial charge is 0.119 e. The van der Waals surface area contributed by atoms with E-state index in [1.54, 1.807) is 7.11 Å². The van der Waals surface area contributed by atoms with Gasteiger partial charge in [0, 0.05) is 37.4 Å². The summed E-state index contributed by atoms with van der Waals surface area (Å²) in [6.07, 6.45) is 7.46. The monoisotopic (exact) mass is 328 g/mol. The van der Waals surface area contributed by atoms with Crippen molar-refractivity contribution in [3.8, 4) is 5.75 Å². The minimum atomic E-state index is 0.338. The molecule has 1 N–H and O–H groups in total. The number of nitrogens with zero attached hydrogens (tertiary/aromatic N) is 3. The molecular weight excluding hydrogens is 300 g/mol. The van der Waals surface area contributed by atoms with Gasteiger partial charge in [0.25, 0.3) is 0 Å². The molecule has 130 valence electrons. The number of fused-ring (bicyclic) bond motifs is 1. The quantitative estimate of drug-likeness (QED) is 0.883. The summed E-state index contributed by atoms with van der Waals surface area (Å²) in [6, 6.07) is 7.32. The summed E-state index contributed by atoms with van der Waals surface area (Å²) in [5.74, 6) is 0.955. The highest BCUT2D eigenvalue weighted by Crippen LogP contribution is 2.26. The first-order valence-electron chi connectivity index (χ1n) is 8.61. The molecule has 3 rings (SSSR count). The number of rotatable bonds is 6. The summed E-state index contributed by atoms with van der Waals surface area (Å²) in [4.78, 5) is 2.25. The Hall–Kier alpha value is -1.85. The van der Waals surface area contributed by atoms with Crippen molar-refractivity contribution in [2.24, 2.45) is 7.05 Å². The Morgan fingerprint density at radius 1 is 1.38 bits per heavy atom. The second-order valence-electron chi connectivity index (χ2n) is 6.91. The van der Waals surface area contributed by atoms with Gasteiger partial charge in [0.15, 0.2) is 0 Å². The zero-order valence-electron chi connectivity index (χ0n) is 15.1. The first kappa shape index (κ1) is 17.0. The Balaban J connectivity index is 1.63. The first-order valence-corrected chi connectivity index (χ1v) is 8.61. The molecule has 0 radical (unpaired) electrons. The first-order chi connectivity index (χ1) is 11.6. The lowest BCUT2D eigenvalue weighted by atomic mass is 9.88. The Kier molecular flexibility index (Phi) is 5.21. The summed E-state index contributed by atoms with van der Waals surface area (Å²) < 4.78 is 7.24. The topological polar surface area (TPSA) is 42.3 Å². The van der Waals surface area contributed by atoms with Crippen LogP contribution in [0.15, 0.2) is 30.6 Å². The third-order valence-electron chi connectivity index (χ3n) is 4.97. The van der Waals surface area contributed by atoms with Gasteiger partial charge in [-0.1, -0.05) is 6.07 Å². The van der Waals surface area contributed by atoms with E-state index in [2.05, 4.69) is 53.8 Å². The van der Waals surface area contributed by atoms with Gasteiger partial charge in [-0.2, -0.15) is 5.10 Å². The third-order valence-corrected chi connectivity index (χ3v) is 4.97. The molecule has 1 aliphatic rings. The molecule has 1 heterocycles. The van der Waals surface area contributed by atoms with Crippen molar-refractivity contribution < 1.29 is 4.74 Å². The summed E-state index contributed by atoms with van der Waals surface area (Å²) >= 11 is 0. The molecule has 1 aliphatic carbocycles. The van der Waals surface area contributed by atoms with Crippen LogP contribution in [-0.4, -0.2) is 48.5 Å². The van der Waals surface area contributed by atoms with Gasteiger partial charge in [-0.3, -0.25) is 4.68 Å². The number of methoxy groups -OCH3 is 1.